The van der Waals surface area contributed by atoms with Gasteiger partial charge in [-0.1, -0.05) is 38.5 Å². The number of carbonyl (C=O) groups is 2. The summed E-state index contributed by atoms with van der Waals surface area (Å²) < 4.78 is 0. The zero-order chi connectivity index (χ0) is 27.5. The molecule has 0 atom stereocenters. The van der Waals surface area contributed by atoms with Gasteiger partial charge in [-0.15, -0.1) is 0 Å². The van der Waals surface area contributed by atoms with E-state index in [-0.39, 0.29) is 23.1 Å². The van der Waals surface area contributed by atoms with Crippen molar-refractivity contribution in [1.29, 1.82) is 0 Å². The van der Waals surface area contributed by atoms with Gasteiger partial charge in [-0.25, -0.2) is 0 Å². The maximum absolute atomic E-state index is 11.9. The van der Waals surface area contributed by atoms with Crippen molar-refractivity contribution in [2.45, 2.75) is 64.2 Å². The Morgan fingerprint density at radius 2 is 1.24 bits per heavy atom. The van der Waals surface area contributed by atoms with Crippen LogP contribution in [0.25, 0.3) is 0 Å². The van der Waals surface area contributed by atoms with Gasteiger partial charge in [0.05, 0.1) is 10.6 Å². The fraction of sp³-hybridized carbons (Fsp3) is 0.500. The minimum Gasteiger partial charge on any atom is -0.506 e. The summed E-state index contributed by atoms with van der Waals surface area (Å²) in [5, 5.41) is 35.3. The molecule has 0 aliphatic heterocycles. The van der Waals surface area contributed by atoms with Gasteiger partial charge in [0, 0.05) is 30.3 Å². The Labute approximate surface area is 222 Å². The predicted molar refractivity (Wildman–Crippen MR) is 145 cm³/mol. The topological polar surface area (TPSA) is 168 Å². The number of benzene rings is 2. The molecule has 10 heteroatoms. The van der Waals surface area contributed by atoms with Gasteiger partial charge >= 0.3 is 5.69 Å². The monoisotopic (exact) mass is 526 g/mol. The molecule has 0 unspecified atom stereocenters. The second-order valence-corrected chi connectivity index (χ2v) is 10.2. The summed E-state index contributed by atoms with van der Waals surface area (Å²) in [5.74, 6) is 0.140. The van der Waals surface area contributed by atoms with Crippen molar-refractivity contribution in [3.8, 4) is 11.5 Å². The van der Waals surface area contributed by atoms with Crippen molar-refractivity contribution in [3.05, 3.63) is 57.6 Å². The molecular weight excluding hydrogens is 488 g/mol. The highest BCUT2D eigenvalue weighted by Crippen LogP contribution is 2.27. The van der Waals surface area contributed by atoms with Gasteiger partial charge in [0.1, 0.15) is 5.75 Å². The molecule has 2 aliphatic carbocycles. The van der Waals surface area contributed by atoms with E-state index < -0.39 is 16.4 Å². The fourth-order valence-electron chi connectivity index (χ4n) is 4.96. The summed E-state index contributed by atoms with van der Waals surface area (Å²) in [6, 6.07) is 8.22. The van der Waals surface area contributed by atoms with Crippen molar-refractivity contribution in [2.75, 3.05) is 18.8 Å². The zero-order valence-electron chi connectivity index (χ0n) is 21.7. The molecule has 10 nitrogen and oxygen atoms in total. The quantitative estimate of drug-likeness (QED) is 0.148. The first-order valence-electron chi connectivity index (χ1n) is 13.4. The van der Waals surface area contributed by atoms with Crippen molar-refractivity contribution in [2.24, 2.45) is 11.8 Å². The van der Waals surface area contributed by atoms with Crippen LogP contribution in [-0.2, 0) is 0 Å². The minimum absolute atomic E-state index is 0.0414. The highest BCUT2D eigenvalue weighted by Gasteiger charge is 2.18. The summed E-state index contributed by atoms with van der Waals surface area (Å²) >= 11 is 0. The van der Waals surface area contributed by atoms with Crippen LogP contribution in [-0.4, -0.2) is 40.0 Å². The Bertz CT molecular complexity index is 1110. The smallest absolute Gasteiger partial charge is 0.310 e. The van der Waals surface area contributed by atoms with Crippen molar-refractivity contribution in [3.63, 3.8) is 0 Å². The van der Waals surface area contributed by atoms with E-state index in [1.807, 2.05) is 0 Å². The number of hydrogen-bond donors (Lipinski definition) is 5. The third kappa shape index (κ3) is 8.64. The molecule has 38 heavy (non-hydrogen) atoms. The molecule has 206 valence electrons. The van der Waals surface area contributed by atoms with E-state index >= 15 is 0 Å². The molecule has 2 fully saturated rings. The predicted octanol–water partition coefficient (Wildman–Crippen LogP) is 4.90. The molecule has 2 amide bonds. The number of phenols is 2. The molecule has 2 aliphatic rings. The molecular formula is C28H38N4O6. The Hall–Kier alpha value is -3.82. The van der Waals surface area contributed by atoms with E-state index in [9.17, 15) is 29.9 Å². The molecule has 2 saturated carbocycles. The van der Waals surface area contributed by atoms with Gasteiger partial charge in [0.25, 0.3) is 11.8 Å². The summed E-state index contributed by atoms with van der Waals surface area (Å²) in [4.78, 5) is 33.7. The number of hydrogen-bond acceptors (Lipinski definition) is 7. The largest absolute Gasteiger partial charge is 0.506 e. The number of nitrogens with one attached hydrogen (secondary N) is 2. The van der Waals surface area contributed by atoms with Crippen LogP contribution in [0.2, 0.25) is 0 Å². The number of amides is 2. The van der Waals surface area contributed by atoms with Gasteiger partial charge in [0.2, 0.25) is 0 Å². The molecule has 0 bridgehead atoms. The van der Waals surface area contributed by atoms with Crippen LogP contribution >= 0.6 is 0 Å². The number of aromatic hydroxyl groups is 2. The van der Waals surface area contributed by atoms with Gasteiger partial charge in [0.15, 0.2) is 5.75 Å². The molecule has 0 spiro atoms. The molecule has 0 saturated heterocycles. The Morgan fingerprint density at radius 1 is 0.789 bits per heavy atom. The third-order valence-electron chi connectivity index (χ3n) is 7.28. The lowest BCUT2D eigenvalue weighted by atomic mass is 9.89. The maximum Gasteiger partial charge on any atom is 0.310 e. The van der Waals surface area contributed by atoms with Gasteiger partial charge in [-0.05, 0) is 67.9 Å². The Kier molecular flexibility index (Phi) is 10.7. The van der Waals surface area contributed by atoms with Crippen LogP contribution in [0.4, 0.5) is 11.4 Å². The molecule has 6 N–H and O–H groups in total. The number of nitro benzene ring substituents is 1. The van der Waals surface area contributed by atoms with Gasteiger partial charge in [-0.3, -0.25) is 19.7 Å². The molecule has 0 radical (unpaired) electrons. The van der Waals surface area contributed by atoms with E-state index in [0.717, 1.165) is 31.5 Å². The van der Waals surface area contributed by atoms with Crippen LogP contribution in [0, 0.1) is 22.0 Å². The Balaban J connectivity index is 0.000000212. The van der Waals surface area contributed by atoms with Crippen molar-refractivity contribution < 1.29 is 24.7 Å². The highest BCUT2D eigenvalue weighted by atomic mass is 16.6. The number of nitrogens with two attached hydrogens (primary N) is 1. The zero-order valence-corrected chi connectivity index (χ0v) is 21.7. The maximum atomic E-state index is 11.9. The summed E-state index contributed by atoms with van der Waals surface area (Å²) in [7, 11) is 0. The number of rotatable bonds is 7. The van der Waals surface area contributed by atoms with Gasteiger partial charge in [-0.2, -0.15) is 0 Å². The average molecular weight is 527 g/mol. The minimum atomic E-state index is -0.682. The number of nitrogens with zero attached hydrogens (tertiary/aromatic N) is 1. The van der Waals surface area contributed by atoms with E-state index in [2.05, 4.69) is 10.6 Å². The normalized spacial score (nSPS) is 16.1. The van der Waals surface area contributed by atoms with Crippen LogP contribution in [0.15, 0.2) is 36.4 Å². The van der Waals surface area contributed by atoms with E-state index in [4.69, 9.17) is 5.73 Å². The third-order valence-corrected chi connectivity index (χ3v) is 7.28. The lowest BCUT2D eigenvalue weighted by Gasteiger charge is -2.21. The lowest BCUT2D eigenvalue weighted by Crippen LogP contribution is -2.30. The van der Waals surface area contributed by atoms with Crippen LogP contribution in [0.5, 0.6) is 11.5 Å². The number of carbonyl (C=O) groups excluding carboxylic acids is 2. The summed E-state index contributed by atoms with van der Waals surface area (Å²) in [6.07, 6.45) is 12.2. The SMILES string of the molecule is Nc1ccc(C(=O)NCC2CCCCC2)cc1O.O=C(NCC1CCCCC1)c1ccc([N+](=O)[O-])c(O)c1. The first kappa shape index (κ1) is 28.7. The van der Waals surface area contributed by atoms with Gasteiger partial charge < -0.3 is 26.6 Å². The van der Waals surface area contributed by atoms with E-state index in [1.165, 1.54) is 63.5 Å². The summed E-state index contributed by atoms with van der Waals surface area (Å²) in [5.41, 5.74) is 6.09. The van der Waals surface area contributed by atoms with E-state index in [0.29, 0.717) is 29.6 Å². The van der Waals surface area contributed by atoms with Crippen LogP contribution < -0.4 is 16.4 Å². The van der Waals surface area contributed by atoms with Crippen molar-refractivity contribution >= 4 is 23.2 Å². The molecule has 4 rings (SSSR count). The van der Waals surface area contributed by atoms with E-state index in [1.54, 1.807) is 12.1 Å². The van der Waals surface area contributed by atoms with Crippen molar-refractivity contribution in [1.82, 2.24) is 10.6 Å². The molecule has 0 aromatic heterocycles. The first-order valence-corrected chi connectivity index (χ1v) is 13.4. The number of anilines is 1. The number of phenolic OH excluding ortho intramolecular Hbond substituents is 2. The molecule has 2 aromatic carbocycles. The average Bonchev–Trinajstić information content (AvgIpc) is 2.93. The molecule has 2 aromatic rings. The van der Waals surface area contributed by atoms with Crippen LogP contribution in [0.3, 0.4) is 0 Å². The fourth-order valence-corrected chi connectivity index (χ4v) is 4.96. The second-order valence-electron chi connectivity index (χ2n) is 10.2. The molecule has 0 heterocycles. The lowest BCUT2D eigenvalue weighted by molar-refractivity contribution is -0.385. The summed E-state index contributed by atoms with van der Waals surface area (Å²) in [6.45, 7) is 1.35. The number of nitrogen functional groups attached to an aromatic ring is 1. The number of nitro groups is 1. The highest BCUT2D eigenvalue weighted by molar-refractivity contribution is 5.95. The first-order chi connectivity index (χ1) is 18.2. The Morgan fingerprint density at radius 3 is 1.66 bits per heavy atom. The van der Waals surface area contributed by atoms with Crippen LogP contribution in [0.1, 0.15) is 84.9 Å². The standard InChI is InChI=1S/C14H18N2O4.C14H20N2O2/c17-13-8-11(6-7-12(13)16(19)20)14(18)15-9-10-4-2-1-3-5-10;15-12-7-6-11(8-13(12)17)14(18)16-9-10-4-2-1-3-5-10/h6-8,10,17H,1-5,9H2,(H,15,18);6-8,10,17H,1-5,9,15H2,(H,16,18). The second kappa shape index (κ2) is 14.2.